The average molecular weight is 705 g/mol. The van der Waals surface area contributed by atoms with Crippen molar-refractivity contribution in [3.63, 3.8) is 0 Å². The second-order valence-electron chi connectivity index (χ2n) is 12.7. The fraction of sp³-hybridized carbons (Fsp3) is 0.389. The van der Waals surface area contributed by atoms with Crippen LogP contribution in [0.2, 0.25) is 3.34 Å². The minimum Gasteiger partial charge on any atom is -1.00 e. The summed E-state index contributed by atoms with van der Waals surface area (Å²) in [7, 11) is 10.0. The van der Waals surface area contributed by atoms with Crippen LogP contribution >= 0.6 is 0 Å². The van der Waals surface area contributed by atoms with E-state index >= 15 is 0 Å². The van der Waals surface area contributed by atoms with E-state index in [0.717, 1.165) is 0 Å². The Hall–Kier alpha value is -1.66. The van der Waals surface area contributed by atoms with Crippen LogP contribution in [0.15, 0.2) is 76.9 Å². The minimum atomic E-state index is -2.80. The summed E-state index contributed by atoms with van der Waals surface area (Å²) in [6.45, 7) is 16.5. The first-order valence-electron chi connectivity index (χ1n) is 14.6. The quantitative estimate of drug-likeness (QED) is 0.195. The van der Waals surface area contributed by atoms with E-state index in [1.54, 1.807) is 0 Å². The van der Waals surface area contributed by atoms with Crippen molar-refractivity contribution in [3.05, 3.63) is 93.6 Å². The molecule has 0 spiro atoms. The Labute approximate surface area is 298 Å². The zero-order chi connectivity index (χ0) is 30.6. The van der Waals surface area contributed by atoms with Gasteiger partial charge in [-0.25, -0.2) is 0 Å². The molecule has 0 atom stereocenters. The Bertz CT molecular complexity index is 1410. The first-order chi connectivity index (χ1) is 19.1. The van der Waals surface area contributed by atoms with Crippen LogP contribution in [-0.4, -0.2) is 50.4 Å². The summed E-state index contributed by atoms with van der Waals surface area (Å²) >= 11 is 2.57. The van der Waals surface area contributed by atoms with E-state index in [1.165, 1.54) is 71.6 Å². The zero-order valence-electron chi connectivity index (χ0n) is 28.7. The van der Waals surface area contributed by atoms with Crippen LogP contribution in [-0.2, 0) is 20.4 Å². The fourth-order valence-corrected chi connectivity index (χ4v) is 16.1. The van der Waals surface area contributed by atoms with Gasteiger partial charge < -0.3 is 37.2 Å². The van der Waals surface area contributed by atoms with Crippen molar-refractivity contribution in [1.82, 2.24) is 0 Å². The number of aryl methyl sites for hydroxylation is 3. The molecule has 236 valence electrons. The molecule has 0 aromatic heterocycles. The Kier molecular flexibility index (Phi) is 13.6. The molecule has 0 saturated heterocycles. The third-order valence-corrected chi connectivity index (χ3v) is 18.7. The Morgan fingerprint density at radius 3 is 0.932 bits per heavy atom. The molecule has 3 nitrogen and oxygen atoms in total. The van der Waals surface area contributed by atoms with E-state index in [9.17, 15) is 0 Å². The molecular weight excluding hydrogens is 657 g/mol. The number of allylic oxidation sites excluding steroid dienone is 4. The second-order valence-corrected chi connectivity index (χ2v) is 18.5. The molecular formula is C36H48Cl3N3SiTi. The van der Waals surface area contributed by atoms with Gasteiger partial charge in [-0.05, 0) is 0 Å². The molecule has 0 N–H and O–H groups in total. The number of anilines is 3. The molecule has 1 aliphatic rings. The van der Waals surface area contributed by atoms with Crippen molar-refractivity contribution in [3.8, 4) is 0 Å². The van der Waals surface area contributed by atoms with E-state index in [2.05, 4.69) is 180 Å². The second kappa shape index (κ2) is 14.8. The molecule has 3 aromatic rings. The van der Waals surface area contributed by atoms with Crippen LogP contribution < -0.4 is 67.5 Å². The van der Waals surface area contributed by atoms with Gasteiger partial charge in [0, 0.05) is 0 Å². The topological polar surface area (TPSA) is 9.72 Å². The molecule has 0 bridgehead atoms. The summed E-state index contributed by atoms with van der Waals surface area (Å²) in [6, 6.07) is 21.7. The van der Waals surface area contributed by atoms with E-state index < -0.39 is 8.07 Å². The molecule has 0 saturated carbocycles. The maximum atomic E-state index is 2.57. The number of halogens is 3. The molecule has 4 rings (SSSR count). The summed E-state index contributed by atoms with van der Waals surface area (Å²) in [5, 5.41) is 4.52. The van der Waals surface area contributed by atoms with Gasteiger partial charge in [-0.15, -0.1) is 0 Å². The molecule has 0 amide bonds. The SMILES string of the molecule is CC1=C(C)[C]([Ti+3])([Si](c2ccc(N(C)C)cc2C)(c2ccc(N(C)C)cc2C)c2ccc(N(C)C)cc2C)C(C)=C1C.[Cl-].[Cl-].[Cl-]. The standard InChI is InChI=1S/C36H48N3Si.3ClH.Ti/c1-23-20-30(37(8)9)14-17-33(23)40(36-28(6)26(4)27(5)29(36)7,34-18-15-31(38(10)11)21-24(34)2)35-19-16-32(39(12)13)22-25(35)3;;;;/h14-22H,1-13H3;3*1H;/q;;;;+3/p-3. The monoisotopic (exact) mass is 703 g/mol. The predicted octanol–water partition coefficient (Wildman–Crippen LogP) is -2.78. The largest absolute Gasteiger partial charge is 1.00 e. The molecule has 0 aliphatic heterocycles. The molecule has 3 aromatic carbocycles. The van der Waals surface area contributed by atoms with Crippen LogP contribution in [0, 0.1) is 20.8 Å². The van der Waals surface area contributed by atoms with Gasteiger partial charge >= 0.3 is 264 Å². The van der Waals surface area contributed by atoms with E-state index in [1.807, 2.05) is 0 Å². The van der Waals surface area contributed by atoms with Gasteiger partial charge in [0.1, 0.15) is 0 Å². The van der Waals surface area contributed by atoms with Crippen molar-refractivity contribution in [2.24, 2.45) is 0 Å². The van der Waals surface area contributed by atoms with Gasteiger partial charge in [-0.1, -0.05) is 0 Å². The van der Waals surface area contributed by atoms with Crippen molar-refractivity contribution >= 4 is 40.7 Å². The zero-order valence-corrected chi connectivity index (χ0v) is 33.5. The summed E-state index contributed by atoms with van der Waals surface area (Å²) in [4.78, 5) is 6.66. The Morgan fingerprint density at radius 2 is 0.727 bits per heavy atom. The summed E-state index contributed by atoms with van der Waals surface area (Å²) in [5.74, 6) is 0. The van der Waals surface area contributed by atoms with Gasteiger partial charge in [0.25, 0.3) is 0 Å². The maximum absolute atomic E-state index is 2.80. The number of hydrogen-bond acceptors (Lipinski definition) is 3. The van der Waals surface area contributed by atoms with Crippen molar-refractivity contribution in [2.45, 2.75) is 51.8 Å². The first kappa shape index (κ1) is 40.4. The number of benzene rings is 3. The van der Waals surface area contributed by atoms with Gasteiger partial charge in [0.2, 0.25) is 0 Å². The fourth-order valence-electron chi connectivity index (χ4n) is 7.05. The van der Waals surface area contributed by atoms with Gasteiger partial charge in [0.15, 0.2) is 0 Å². The summed E-state index contributed by atoms with van der Waals surface area (Å²) < 4.78 is -0.139. The van der Waals surface area contributed by atoms with Gasteiger partial charge in [-0.2, -0.15) is 0 Å². The van der Waals surface area contributed by atoms with E-state index in [0.29, 0.717) is 0 Å². The molecule has 0 heterocycles. The van der Waals surface area contributed by atoms with Crippen LogP contribution in [0.5, 0.6) is 0 Å². The third-order valence-electron chi connectivity index (χ3n) is 9.77. The molecule has 0 unspecified atom stereocenters. The number of hydrogen-bond donors (Lipinski definition) is 0. The van der Waals surface area contributed by atoms with Crippen molar-refractivity contribution < 1.29 is 57.7 Å². The van der Waals surface area contributed by atoms with Gasteiger partial charge in [0.05, 0.1) is 0 Å². The van der Waals surface area contributed by atoms with Crippen molar-refractivity contribution in [2.75, 3.05) is 57.0 Å². The number of rotatable bonds is 7. The molecule has 8 heteroatoms. The summed E-state index contributed by atoms with van der Waals surface area (Å²) in [6.07, 6.45) is 0. The Balaban J connectivity index is 0.00000323. The third kappa shape index (κ3) is 6.20. The normalized spacial score (nSPS) is 14.1. The van der Waals surface area contributed by atoms with Gasteiger partial charge in [-0.3, -0.25) is 0 Å². The van der Waals surface area contributed by atoms with E-state index in [-0.39, 0.29) is 40.6 Å². The summed E-state index contributed by atoms with van der Waals surface area (Å²) in [5.41, 5.74) is 13.8. The molecule has 0 fully saturated rings. The smallest absolute Gasteiger partial charge is 1.00 e. The van der Waals surface area contributed by atoms with Crippen LogP contribution in [0.4, 0.5) is 17.1 Å². The van der Waals surface area contributed by atoms with Crippen LogP contribution in [0.3, 0.4) is 0 Å². The molecule has 0 radical (unpaired) electrons. The Morgan fingerprint density at radius 1 is 0.477 bits per heavy atom. The maximum Gasteiger partial charge on any atom is -1.00 e. The number of nitrogens with zero attached hydrogens (tertiary/aromatic N) is 3. The first-order valence-corrected chi connectivity index (χ1v) is 17.3. The minimum absolute atomic E-state index is 0. The van der Waals surface area contributed by atoms with E-state index in [4.69, 9.17) is 0 Å². The average Bonchev–Trinajstić information content (AvgIpc) is 3.06. The molecule has 1 aliphatic carbocycles. The van der Waals surface area contributed by atoms with Crippen molar-refractivity contribution in [1.29, 1.82) is 0 Å². The molecule has 44 heavy (non-hydrogen) atoms. The van der Waals surface area contributed by atoms with Crippen LogP contribution in [0.25, 0.3) is 0 Å². The predicted molar refractivity (Wildman–Crippen MR) is 181 cm³/mol. The van der Waals surface area contributed by atoms with Crippen LogP contribution in [0.1, 0.15) is 44.4 Å².